The van der Waals surface area contributed by atoms with Crippen molar-refractivity contribution in [2.24, 2.45) is 0 Å². The monoisotopic (exact) mass is 422 g/mol. The van der Waals surface area contributed by atoms with Gasteiger partial charge >= 0.3 is 5.97 Å². The van der Waals surface area contributed by atoms with Crippen LogP contribution in [0.2, 0.25) is 0 Å². The summed E-state index contributed by atoms with van der Waals surface area (Å²) in [6.45, 7) is 0. The van der Waals surface area contributed by atoms with Gasteiger partial charge in [-0.15, -0.1) is 11.3 Å². The van der Waals surface area contributed by atoms with Crippen molar-refractivity contribution >= 4 is 29.2 Å². The van der Waals surface area contributed by atoms with E-state index in [0.717, 1.165) is 4.88 Å². The molecule has 2 aromatic carbocycles. The molecule has 1 aromatic heterocycles. The van der Waals surface area contributed by atoms with Gasteiger partial charge in [0, 0.05) is 22.6 Å². The molecule has 0 spiro atoms. The first-order chi connectivity index (χ1) is 14.6. The lowest BCUT2D eigenvalue weighted by Crippen LogP contribution is -2.10. The van der Waals surface area contributed by atoms with Gasteiger partial charge in [0.25, 0.3) is 0 Å². The Balaban J connectivity index is 1.53. The van der Waals surface area contributed by atoms with Crippen LogP contribution in [0.3, 0.4) is 0 Å². The number of carbonyl (C=O) groups is 2. The number of esters is 1. The molecular weight excluding hydrogens is 404 g/mol. The number of thiophene rings is 1. The zero-order valence-corrected chi connectivity index (χ0v) is 17.2. The lowest BCUT2D eigenvalue weighted by molar-refractivity contribution is -0.133. The smallest absolute Gasteiger partial charge is 0.316 e. The minimum atomic E-state index is -0.375. The normalized spacial score (nSPS) is 13.7. The highest BCUT2D eigenvalue weighted by Crippen LogP contribution is 2.36. The third-order valence-electron chi connectivity index (χ3n) is 4.50. The Kier molecular flexibility index (Phi) is 5.54. The summed E-state index contributed by atoms with van der Waals surface area (Å²) in [4.78, 5) is 25.7. The molecule has 0 saturated heterocycles. The van der Waals surface area contributed by atoms with Crippen molar-refractivity contribution in [2.75, 3.05) is 14.2 Å². The molecule has 0 radical (unpaired) electrons. The van der Waals surface area contributed by atoms with E-state index < -0.39 is 0 Å². The van der Waals surface area contributed by atoms with Gasteiger partial charge in [0.1, 0.15) is 23.0 Å². The first kappa shape index (κ1) is 19.7. The number of methoxy groups -OCH3 is 2. The molecule has 3 aromatic rings. The molecule has 152 valence electrons. The standard InChI is InChI=1S/C23H18O6S/c1-26-15-6-5-14(19(11-15)27-2)10-21-23(25)18-8-7-16(12-20(18)29-21)28-22(24)13-17-4-3-9-30-17/h3-12H,13H2,1-2H3/b21-10-. The number of rotatable bonds is 6. The third kappa shape index (κ3) is 4.06. The fourth-order valence-corrected chi connectivity index (χ4v) is 3.72. The van der Waals surface area contributed by atoms with Crippen molar-refractivity contribution in [3.63, 3.8) is 0 Å². The molecule has 0 amide bonds. The van der Waals surface area contributed by atoms with Gasteiger partial charge in [0.05, 0.1) is 26.2 Å². The average Bonchev–Trinajstić information content (AvgIpc) is 3.36. The maximum absolute atomic E-state index is 12.7. The molecule has 0 fully saturated rings. The van der Waals surface area contributed by atoms with Gasteiger partial charge in [-0.25, -0.2) is 0 Å². The minimum absolute atomic E-state index is 0.163. The summed E-state index contributed by atoms with van der Waals surface area (Å²) in [5.41, 5.74) is 1.09. The van der Waals surface area contributed by atoms with Crippen LogP contribution in [0.1, 0.15) is 20.8 Å². The van der Waals surface area contributed by atoms with Crippen molar-refractivity contribution in [1.82, 2.24) is 0 Å². The highest BCUT2D eigenvalue weighted by molar-refractivity contribution is 7.10. The largest absolute Gasteiger partial charge is 0.497 e. The Labute approximate surface area is 177 Å². The molecule has 0 unspecified atom stereocenters. The number of Topliss-reactive ketones (excluding diaryl/α,β-unsaturated/α-hetero) is 1. The zero-order chi connectivity index (χ0) is 21.1. The second-order valence-electron chi connectivity index (χ2n) is 6.44. The molecule has 0 aliphatic carbocycles. The summed E-state index contributed by atoms with van der Waals surface area (Å²) >= 11 is 1.49. The van der Waals surface area contributed by atoms with E-state index in [0.29, 0.717) is 34.1 Å². The summed E-state index contributed by atoms with van der Waals surface area (Å²) in [5.74, 6) is 1.41. The van der Waals surface area contributed by atoms with Crippen LogP contribution in [0.15, 0.2) is 59.7 Å². The topological polar surface area (TPSA) is 71.1 Å². The fraction of sp³-hybridized carbons (Fsp3) is 0.130. The van der Waals surface area contributed by atoms with E-state index in [1.165, 1.54) is 11.3 Å². The number of hydrogen-bond donors (Lipinski definition) is 0. The van der Waals surface area contributed by atoms with Crippen molar-refractivity contribution < 1.29 is 28.5 Å². The summed E-state index contributed by atoms with van der Waals surface area (Å²) in [7, 11) is 3.11. The van der Waals surface area contributed by atoms with E-state index >= 15 is 0 Å². The number of benzene rings is 2. The highest BCUT2D eigenvalue weighted by atomic mass is 32.1. The Morgan fingerprint density at radius 1 is 1.07 bits per heavy atom. The van der Waals surface area contributed by atoms with Crippen LogP contribution in [0, 0.1) is 0 Å². The van der Waals surface area contributed by atoms with Gasteiger partial charge in [0.15, 0.2) is 5.76 Å². The molecule has 0 saturated carbocycles. The average molecular weight is 422 g/mol. The van der Waals surface area contributed by atoms with Crippen molar-refractivity contribution in [2.45, 2.75) is 6.42 Å². The zero-order valence-electron chi connectivity index (χ0n) is 16.3. The van der Waals surface area contributed by atoms with Crippen molar-refractivity contribution in [3.05, 3.63) is 75.7 Å². The second kappa shape index (κ2) is 8.42. The van der Waals surface area contributed by atoms with Crippen LogP contribution in [0.25, 0.3) is 6.08 Å². The SMILES string of the molecule is COc1ccc(/C=C2\Oc3cc(OC(=O)Cc4cccs4)ccc3C2=O)c(OC)c1. The Morgan fingerprint density at radius 3 is 2.63 bits per heavy atom. The van der Waals surface area contributed by atoms with E-state index in [4.69, 9.17) is 18.9 Å². The second-order valence-corrected chi connectivity index (χ2v) is 7.47. The molecule has 1 aliphatic heterocycles. The molecule has 7 heteroatoms. The molecule has 2 heterocycles. The quantitative estimate of drug-likeness (QED) is 0.330. The first-order valence-electron chi connectivity index (χ1n) is 9.11. The van der Waals surface area contributed by atoms with E-state index in [1.807, 2.05) is 17.5 Å². The number of carbonyl (C=O) groups excluding carboxylic acids is 2. The van der Waals surface area contributed by atoms with Gasteiger partial charge in [0.2, 0.25) is 5.78 Å². The maximum atomic E-state index is 12.7. The summed E-state index contributed by atoms with van der Waals surface area (Å²) in [5, 5.41) is 1.91. The summed E-state index contributed by atoms with van der Waals surface area (Å²) < 4.78 is 21.7. The molecule has 4 rings (SSSR count). The van der Waals surface area contributed by atoms with E-state index in [2.05, 4.69) is 0 Å². The number of fused-ring (bicyclic) bond motifs is 1. The van der Waals surface area contributed by atoms with E-state index in [1.54, 1.807) is 56.7 Å². The Bertz CT molecular complexity index is 1130. The van der Waals surface area contributed by atoms with Gasteiger partial charge in [-0.3, -0.25) is 9.59 Å². The first-order valence-corrected chi connectivity index (χ1v) is 9.98. The molecule has 1 aliphatic rings. The Hall–Kier alpha value is -3.58. The predicted octanol–water partition coefficient (Wildman–Crippen LogP) is 4.53. The highest BCUT2D eigenvalue weighted by Gasteiger charge is 2.28. The van der Waals surface area contributed by atoms with Crippen molar-refractivity contribution in [1.29, 1.82) is 0 Å². The van der Waals surface area contributed by atoms with Gasteiger partial charge < -0.3 is 18.9 Å². The summed E-state index contributed by atoms with van der Waals surface area (Å²) in [6.07, 6.45) is 1.81. The molecule has 0 N–H and O–H groups in total. The van der Waals surface area contributed by atoms with E-state index in [-0.39, 0.29) is 23.9 Å². The van der Waals surface area contributed by atoms with Crippen LogP contribution in [0.5, 0.6) is 23.0 Å². The van der Waals surface area contributed by atoms with Gasteiger partial charge in [-0.05, 0) is 41.8 Å². The van der Waals surface area contributed by atoms with Crippen LogP contribution >= 0.6 is 11.3 Å². The summed E-state index contributed by atoms with van der Waals surface area (Å²) in [6, 6.07) is 13.8. The lowest BCUT2D eigenvalue weighted by atomic mass is 10.1. The third-order valence-corrected chi connectivity index (χ3v) is 5.38. The number of allylic oxidation sites excluding steroid dienone is 1. The predicted molar refractivity (Wildman–Crippen MR) is 113 cm³/mol. The number of ketones is 1. The minimum Gasteiger partial charge on any atom is -0.497 e. The number of ether oxygens (including phenoxy) is 4. The van der Waals surface area contributed by atoms with E-state index in [9.17, 15) is 9.59 Å². The molecule has 0 atom stereocenters. The van der Waals surface area contributed by atoms with Crippen LogP contribution in [-0.4, -0.2) is 26.0 Å². The maximum Gasteiger partial charge on any atom is 0.316 e. The Morgan fingerprint density at radius 2 is 1.90 bits per heavy atom. The molecule has 0 bridgehead atoms. The lowest BCUT2D eigenvalue weighted by Gasteiger charge is -2.08. The molecular formula is C23H18O6S. The van der Waals surface area contributed by atoms with Crippen LogP contribution in [-0.2, 0) is 11.2 Å². The van der Waals surface area contributed by atoms with Crippen LogP contribution < -0.4 is 18.9 Å². The van der Waals surface area contributed by atoms with Gasteiger partial charge in [-0.2, -0.15) is 0 Å². The van der Waals surface area contributed by atoms with Gasteiger partial charge in [-0.1, -0.05) is 6.07 Å². The van der Waals surface area contributed by atoms with Crippen molar-refractivity contribution in [3.8, 4) is 23.0 Å². The molecule has 30 heavy (non-hydrogen) atoms. The fourth-order valence-electron chi connectivity index (χ4n) is 3.03. The van der Waals surface area contributed by atoms with Crippen LogP contribution in [0.4, 0.5) is 0 Å². The number of hydrogen-bond acceptors (Lipinski definition) is 7. The molecule has 6 nitrogen and oxygen atoms in total.